The molecule has 148 valence electrons. The average molecular weight is 386 g/mol. The number of pyridine rings is 2. The Labute approximate surface area is 171 Å². The van der Waals surface area contributed by atoms with Gasteiger partial charge in [-0.25, -0.2) is 0 Å². The van der Waals surface area contributed by atoms with Crippen LogP contribution >= 0.6 is 0 Å². The molecule has 5 nitrogen and oxygen atoms in total. The van der Waals surface area contributed by atoms with E-state index in [0.717, 1.165) is 43.4 Å². The fourth-order valence-corrected chi connectivity index (χ4v) is 5.20. The van der Waals surface area contributed by atoms with Gasteiger partial charge in [0, 0.05) is 42.6 Å². The van der Waals surface area contributed by atoms with Crippen molar-refractivity contribution >= 4 is 16.8 Å². The zero-order valence-electron chi connectivity index (χ0n) is 16.7. The molecule has 3 heterocycles. The maximum atomic E-state index is 12.7. The first-order valence-electron chi connectivity index (χ1n) is 10.5. The third-order valence-corrected chi connectivity index (χ3v) is 6.57. The van der Waals surface area contributed by atoms with E-state index in [4.69, 9.17) is 0 Å². The number of hydrogen-bond donors (Lipinski definition) is 1. The van der Waals surface area contributed by atoms with Crippen LogP contribution in [0.15, 0.2) is 55.0 Å². The normalized spacial score (nSPS) is 24.0. The summed E-state index contributed by atoms with van der Waals surface area (Å²) in [6, 6.07) is 13.3. The first kappa shape index (κ1) is 18.3. The van der Waals surface area contributed by atoms with Crippen molar-refractivity contribution in [3.63, 3.8) is 0 Å². The summed E-state index contributed by atoms with van der Waals surface area (Å²) >= 11 is 0. The van der Waals surface area contributed by atoms with Crippen LogP contribution in [0.25, 0.3) is 10.9 Å². The molecule has 0 radical (unpaired) electrons. The molecule has 2 aromatic heterocycles. The fourth-order valence-electron chi connectivity index (χ4n) is 5.20. The molecule has 1 saturated heterocycles. The topological polar surface area (TPSA) is 58.1 Å². The smallest absolute Gasteiger partial charge is 0.253 e. The molecule has 0 spiro atoms. The number of aryl methyl sites for hydroxylation is 1. The van der Waals surface area contributed by atoms with Crippen molar-refractivity contribution in [3.8, 4) is 0 Å². The van der Waals surface area contributed by atoms with Crippen molar-refractivity contribution in [3.05, 3.63) is 71.7 Å². The van der Waals surface area contributed by atoms with Gasteiger partial charge in [0.25, 0.3) is 5.91 Å². The largest absolute Gasteiger partial charge is 0.349 e. The van der Waals surface area contributed by atoms with Gasteiger partial charge in [0.1, 0.15) is 0 Å². The van der Waals surface area contributed by atoms with Crippen molar-refractivity contribution in [1.82, 2.24) is 20.2 Å². The Morgan fingerprint density at radius 1 is 1.17 bits per heavy atom. The van der Waals surface area contributed by atoms with Crippen molar-refractivity contribution < 1.29 is 4.79 Å². The summed E-state index contributed by atoms with van der Waals surface area (Å²) in [5.41, 5.74) is 4.07. The molecule has 29 heavy (non-hydrogen) atoms. The number of nitrogens with one attached hydrogen (secondary N) is 1. The van der Waals surface area contributed by atoms with Crippen LogP contribution in [0, 0.1) is 12.8 Å². The lowest BCUT2D eigenvalue weighted by Crippen LogP contribution is -2.39. The minimum absolute atomic E-state index is 0.00503. The Morgan fingerprint density at radius 3 is 3.00 bits per heavy atom. The molecule has 1 aliphatic heterocycles. The number of nitrogens with zero attached hydrogens (tertiary/aromatic N) is 3. The molecular weight excluding hydrogens is 360 g/mol. The molecule has 0 unspecified atom stereocenters. The van der Waals surface area contributed by atoms with Gasteiger partial charge in [-0.3, -0.25) is 19.7 Å². The van der Waals surface area contributed by atoms with Crippen LogP contribution in [0.3, 0.4) is 0 Å². The third kappa shape index (κ3) is 3.51. The molecule has 1 amide bonds. The molecule has 2 aliphatic rings. The lowest BCUT2D eigenvalue weighted by Gasteiger charge is -2.25. The van der Waals surface area contributed by atoms with Gasteiger partial charge in [-0.15, -0.1) is 0 Å². The quantitative estimate of drug-likeness (QED) is 0.742. The van der Waals surface area contributed by atoms with E-state index in [2.05, 4.69) is 44.5 Å². The highest BCUT2D eigenvalue weighted by Crippen LogP contribution is 2.39. The number of carbonyl (C=O) groups is 1. The Balaban J connectivity index is 1.28. The van der Waals surface area contributed by atoms with E-state index in [1.807, 2.05) is 25.3 Å². The molecule has 0 bridgehead atoms. The Kier molecular flexibility index (Phi) is 4.76. The van der Waals surface area contributed by atoms with E-state index in [1.165, 1.54) is 10.9 Å². The second kappa shape index (κ2) is 7.56. The summed E-state index contributed by atoms with van der Waals surface area (Å²) in [6.45, 7) is 4.00. The Hall–Kier alpha value is -2.79. The van der Waals surface area contributed by atoms with Gasteiger partial charge in [-0.05, 0) is 68.0 Å². The first-order valence-corrected chi connectivity index (χ1v) is 10.5. The monoisotopic (exact) mass is 386 g/mol. The predicted octanol–water partition coefficient (Wildman–Crippen LogP) is 3.72. The first-order chi connectivity index (χ1) is 14.2. The summed E-state index contributed by atoms with van der Waals surface area (Å²) in [5, 5.41) is 4.54. The van der Waals surface area contributed by atoms with E-state index in [0.29, 0.717) is 17.5 Å². The molecule has 5 rings (SSSR count). The van der Waals surface area contributed by atoms with Gasteiger partial charge < -0.3 is 5.32 Å². The average Bonchev–Trinajstić information content (AvgIpc) is 3.32. The highest BCUT2D eigenvalue weighted by atomic mass is 16.1. The highest BCUT2D eigenvalue weighted by Gasteiger charge is 2.44. The van der Waals surface area contributed by atoms with Crippen molar-refractivity contribution in [2.75, 3.05) is 6.54 Å². The summed E-state index contributed by atoms with van der Waals surface area (Å²) < 4.78 is 0. The van der Waals surface area contributed by atoms with E-state index in [1.54, 1.807) is 12.4 Å². The maximum Gasteiger partial charge on any atom is 0.253 e. The fraction of sp³-hybridized carbons (Fsp3) is 0.375. The molecule has 1 N–H and O–H groups in total. The summed E-state index contributed by atoms with van der Waals surface area (Å²) in [7, 11) is 0. The number of aromatic nitrogens is 2. The lowest BCUT2D eigenvalue weighted by molar-refractivity contribution is 0.0926. The predicted molar refractivity (Wildman–Crippen MR) is 114 cm³/mol. The minimum atomic E-state index is 0.00503. The van der Waals surface area contributed by atoms with E-state index in [-0.39, 0.29) is 11.9 Å². The molecular formula is C24H26N4O. The molecule has 1 aliphatic carbocycles. The van der Waals surface area contributed by atoms with Crippen molar-refractivity contribution in [2.24, 2.45) is 5.92 Å². The summed E-state index contributed by atoms with van der Waals surface area (Å²) in [5.74, 6) is 0.537. The van der Waals surface area contributed by atoms with Gasteiger partial charge in [0.15, 0.2) is 0 Å². The molecule has 1 aromatic carbocycles. The second-order valence-corrected chi connectivity index (χ2v) is 8.39. The number of amides is 1. The molecule has 3 atom stereocenters. The van der Waals surface area contributed by atoms with Crippen molar-refractivity contribution in [2.45, 2.75) is 44.8 Å². The number of carbonyl (C=O) groups excluding carboxylic acids is 1. The van der Waals surface area contributed by atoms with Crippen LogP contribution in [-0.2, 0) is 6.54 Å². The van der Waals surface area contributed by atoms with Gasteiger partial charge in [-0.1, -0.05) is 18.2 Å². The van der Waals surface area contributed by atoms with Crippen LogP contribution in [0.1, 0.15) is 40.7 Å². The van der Waals surface area contributed by atoms with Gasteiger partial charge in [0.2, 0.25) is 0 Å². The third-order valence-electron chi connectivity index (χ3n) is 6.57. The van der Waals surface area contributed by atoms with Crippen molar-refractivity contribution in [1.29, 1.82) is 0 Å². The Bertz CT molecular complexity index is 1040. The number of likely N-dealkylation sites (tertiary alicyclic amines) is 1. The van der Waals surface area contributed by atoms with Crippen LogP contribution in [0.2, 0.25) is 0 Å². The summed E-state index contributed by atoms with van der Waals surface area (Å²) in [6.07, 6.45) is 8.62. The van der Waals surface area contributed by atoms with Crippen LogP contribution < -0.4 is 5.32 Å². The number of hydrogen-bond acceptors (Lipinski definition) is 4. The van der Waals surface area contributed by atoms with Gasteiger partial charge >= 0.3 is 0 Å². The van der Waals surface area contributed by atoms with E-state index in [9.17, 15) is 4.79 Å². The SMILES string of the molecule is Cc1cncc(C(=O)N[C@H]2CC[C@@H]3[C@H]2CCN3Cc2cccc3ncccc23)c1. The maximum absolute atomic E-state index is 12.7. The molecule has 5 heteroatoms. The number of rotatable bonds is 4. The van der Waals surface area contributed by atoms with E-state index < -0.39 is 0 Å². The molecule has 1 saturated carbocycles. The van der Waals surface area contributed by atoms with Crippen LogP contribution in [0.5, 0.6) is 0 Å². The second-order valence-electron chi connectivity index (χ2n) is 8.39. The van der Waals surface area contributed by atoms with Gasteiger partial charge in [-0.2, -0.15) is 0 Å². The number of fused-ring (bicyclic) bond motifs is 2. The standard InChI is InChI=1S/C24H26N4O/c1-16-12-18(14-25-13-16)24(29)27-22-7-8-23-20(22)9-11-28(23)15-17-4-2-6-21-19(17)5-3-10-26-21/h2-6,10,12-14,20,22-23H,7-9,11,15H2,1H3,(H,27,29)/t20-,22-,23+/m0/s1. The molecule has 3 aromatic rings. The lowest BCUT2D eigenvalue weighted by atomic mass is 9.99. The van der Waals surface area contributed by atoms with E-state index >= 15 is 0 Å². The number of benzene rings is 1. The Morgan fingerprint density at radius 2 is 2.10 bits per heavy atom. The van der Waals surface area contributed by atoms with Crippen LogP contribution in [0.4, 0.5) is 0 Å². The van der Waals surface area contributed by atoms with Crippen LogP contribution in [-0.4, -0.2) is 39.4 Å². The molecule has 2 fully saturated rings. The zero-order chi connectivity index (χ0) is 19.8. The zero-order valence-corrected chi connectivity index (χ0v) is 16.7. The minimum Gasteiger partial charge on any atom is -0.349 e. The van der Waals surface area contributed by atoms with Gasteiger partial charge in [0.05, 0.1) is 11.1 Å². The highest BCUT2D eigenvalue weighted by molar-refractivity contribution is 5.94. The summed E-state index contributed by atoms with van der Waals surface area (Å²) in [4.78, 5) is 23.9.